The predicted octanol–water partition coefficient (Wildman–Crippen LogP) is 4.22. The Labute approximate surface area is 207 Å². The van der Waals surface area contributed by atoms with Crippen molar-refractivity contribution in [2.24, 2.45) is 5.92 Å². The highest BCUT2D eigenvalue weighted by Gasteiger charge is 2.21. The van der Waals surface area contributed by atoms with Crippen LogP contribution in [-0.4, -0.2) is 64.7 Å². The number of benzene rings is 1. The molecule has 1 aliphatic heterocycles. The smallest absolute Gasteiger partial charge is 0.246 e. The van der Waals surface area contributed by atoms with Gasteiger partial charge < -0.3 is 14.5 Å². The Hall–Kier alpha value is -2.80. The Balaban J connectivity index is 1.52. The first-order valence-electron chi connectivity index (χ1n) is 11.9. The van der Waals surface area contributed by atoms with Gasteiger partial charge in [0.15, 0.2) is 0 Å². The van der Waals surface area contributed by atoms with E-state index in [-0.39, 0.29) is 11.8 Å². The molecule has 0 spiro atoms. The first-order chi connectivity index (χ1) is 16.3. The van der Waals surface area contributed by atoms with Crippen LogP contribution in [0.25, 0.3) is 6.08 Å². The van der Waals surface area contributed by atoms with Crippen molar-refractivity contribution in [2.45, 2.75) is 46.6 Å². The Morgan fingerprint density at radius 1 is 1.12 bits per heavy atom. The molecule has 0 saturated carbocycles. The third-order valence-electron chi connectivity index (χ3n) is 5.99. The Morgan fingerprint density at radius 2 is 1.79 bits per heavy atom. The quantitative estimate of drug-likeness (QED) is 0.524. The second kappa shape index (κ2) is 12.1. The maximum absolute atomic E-state index is 12.8. The van der Waals surface area contributed by atoms with Gasteiger partial charge in [0.2, 0.25) is 11.8 Å². The van der Waals surface area contributed by atoms with E-state index in [1.165, 1.54) is 0 Å². The summed E-state index contributed by atoms with van der Waals surface area (Å²) >= 11 is 6.49. The molecule has 0 radical (unpaired) electrons. The number of aryl methyl sites for hydroxylation is 2. The highest BCUT2D eigenvalue weighted by Crippen LogP contribution is 2.22. The van der Waals surface area contributed by atoms with Crippen molar-refractivity contribution in [1.29, 1.82) is 0 Å². The molecule has 7 nitrogen and oxygen atoms in total. The number of ether oxygens (including phenoxy) is 1. The van der Waals surface area contributed by atoms with Gasteiger partial charge in [0.25, 0.3) is 0 Å². The molecule has 0 bridgehead atoms. The van der Waals surface area contributed by atoms with E-state index in [4.69, 9.17) is 16.3 Å². The van der Waals surface area contributed by atoms with Crippen LogP contribution < -0.4 is 4.74 Å². The number of rotatable bonds is 8. The number of amides is 2. The van der Waals surface area contributed by atoms with E-state index in [2.05, 4.69) is 18.9 Å². The molecule has 0 N–H and O–H groups in total. The van der Waals surface area contributed by atoms with Gasteiger partial charge in [-0.15, -0.1) is 0 Å². The van der Waals surface area contributed by atoms with Crippen LogP contribution in [0.5, 0.6) is 5.75 Å². The van der Waals surface area contributed by atoms with E-state index in [0.29, 0.717) is 50.1 Å². The molecule has 1 aromatic heterocycles. The molecule has 1 aromatic carbocycles. The molecule has 0 atom stereocenters. The Bertz CT molecular complexity index is 1010. The largest absolute Gasteiger partial charge is 0.497 e. The van der Waals surface area contributed by atoms with E-state index in [1.807, 2.05) is 36.1 Å². The lowest BCUT2D eigenvalue weighted by Gasteiger charge is -2.21. The summed E-state index contributed by atoms with van der Waals surface area (Å²) in [6, 6.07) is 7.79. The van der Waals surface area contributed by atoms with E-state index in [0.717, 1.165) is 35.5 Å². The zero-order valence-corrected chi connectivity index (χ0v) is 21.3. The van der Waals surface area contributed by atoms with Gasteiger partial charge in [-0.2, -0.15) is 5.10 Å². The summed E-state index contributed by atoms with van der Waals surface area (Å²) in [4.78, 5) is 29.2. The van der Waals surface area contributed by atoms with Crippen LogP contribution in [0.3, 0.4) is 0 Å². The number of hydrogen-bond donors (Lipinski definition) is 0. The lowest BCUT2D eigenvalue weighted by Crippen LogP contribution is -2.36. The van der Waals surface area contributed by atoms with Crippen LogP contribution in [0.1, 0.15) is 43.5 Å². The Kier molecular flexibility index (Phi) is 9.16. The van der Waals surface area contributed by atoms with Crippen molar-refractivity contribution in [3.05, 3.63) is 52.3 Å². The molecular weight excluding hydrogens is 452 g/mol. The highest BCUT2D eigenvalue weighted by molar-refractivity contribution is 6.31. The number of nitrogens with zero attached hydrogens (tertiary/aromatic N) is 4. The van der Waals surface area contributed by atoms with Gasteiger partial charge in [0.1, 0.15) is 10.9 Å². The summed E-state index contributed by atoms with van der Waals surface area (Å²) in [5, 5.41) is 5.05. The third kappa shape index (κ3) is 6.86. The van der Waals surface area contributed by atoms with Gasteiger partial charge in [0.05, 0.1) is 12.8 Å². The first kappa shape index (κ1) is 25.8. The SMILES string of the molecule is COc1ccc(CCC(=O)N2CCCN(C(=O)C=Cc3c(C)nn(CC(C)C)c3Cl)CC2)cc1. The lowest BCUT2D eigenvalue weighted by molar-refractivity contribution is -0.132. The summed E-state index contributed by atoms with van der Waals surface area (Å²) in [5.74, 6) is 1.29. The second-order valence-electron chi connectivity index (χ2n) is 9.11. The lowest BCUT2D eigenvalue weighted by atomic mass is 10.1. The minimum atomic E-state index is -0.0698. The number of aromatic nitrogens is 2. The van der Waals surface area contributed by atoms with Crippen molar-refractivity contribution >= 4 is 29.5 Å². The molecule has 0 unspecified atom stereocenters. The fraction of sp³-hybridized carbons (Fsp3) is 0.500. The molecule has 2 amide bonds. The van der Waals surface area contributed by atoms with Crippen molar-refractivity contribution in [2.75, 3.05) is 33.3 Å². The predicted molar refractivity (Wildman–Crippen MR) is 135 cm³/mol. The molecule has 34 heavy (non-hydrogen) atoms. The number of carbonyl (C=O) groups excluding carboxylic acids is 2. The maximum Gasteiger partial charge on any atom is 0.246 e. The Morgan fingerprint density at radius 3 is 2.47 bits per heavy atom. The summed E-state index contributed by atoms with van der Waals surface area (Å²) in [6.07, 6.45) is 5.23. The van der Waals surface area contributed by atoms with Gasteiger partial charge in [-0.1, -0.05) is 37.6 Å². The summed E-state index contributed by atoms with van der Waals surface area (Å²) in [6.45, 7) is 9.22. The molecular formula is C26H35ClN4O3. The van der Waals surface area contributed by atoms with Gasteiger partial charge in [-0.25, -0.2) is 0 Å². The average Bonchev–Trinajstić information content (AvgIpc) is 2.99. The summed E-state index contributed by atoms with van der Waals surface area (Å²) in [5.41, 5.74) is 2.69. The molecule has 3 rings (SSSR count). The maximum atomic E-state index is 12.8. The van der Waals surface area contributed by atoms with Crippen molar-refractivity contribution < 1.29 is 14.3 Å². The summed E-state index contributed by atoms with van der Waals surface area (Å²) < 4.78 is 6.96. The number of methoxy groups -OCH3 is 1. The zero-order valence-electron chi connectivity index (χ0n) is 20.6. The molecule has 1 aliphatic rings. The van der Waals surface area contributed by atoms with E-state index in [1.54, 1.807) is 28.8 Å². The van der Waals surface area contributed by atoms with Crippen molar-refractivity contribution in [1.82, 2.24) is 19.6 Å². The van der Waals surface area contributed by atoms with Crippen LogP contribution in [0.2, 0.25) is 5.15 Å². The monoisotopic (exact) mass is 486 g/mol. The van der Waals surface area contributed by atoms with E-state index < -0.39 is 0 Å². The highest BCUT2D eigenvalue weighted by atomic mass is 35.5. The number of halogens is 1. The average molecular weight is 487 g/mol. The number of carbonyl (C=O) groups is 2. The minimum absolute atomic E-state index is 0.0698. The fourth-order valence-corrected chi connectivity index (χ4v) is 4.38. The van der Waals surface area contributed by atoms with E-state index in [9.17, 15) is 9.59 Å². The topological polar surface area (TPSA) is 67.7 Å². The van der Waals surface area contributed by atoms with Crippen LogP contribution in [-0.2, 0) is 22.6 Å². The van der Waals surface area contributed by atoms with Gasteiger partial charge in [-0.3, -0.25) is 14.3 Å². The van der Waals surface area contributed by atoms with Crippen molar-refractivity contribution in [3.8, 4) is 5.75 Å². The molecule has 2 aromatic rings. The molecule has 2 heterocycles. The number of hydrogen-bond acceptors (Lipinski definition) is 4. The van der Waals surface area contributed by atoms with Gasteiger partial charge in [0, 0.05) is 50.8 Å². The molecule has 184 valence electrons. The second-order valence-corrected chi connectivity index (χ2v) is 9.46. The molecule has 8 heteroatoms. The minimum Gasteiger partial charge on any atom is -0.497 e. The standard InChI is InChI=1S/C26H35ClN4O3/c1-19(2)18-31-26(27)23(20(3)28-31)11-13-25(33)30-15-5-14-29(16-17-30)24(32)12-8-21-6-9-22(34-4)10-7-21/h6-7,9-11,13,19H,5,8,12,14-18H2,1-4H3. The van der Waals surface area contributed by atoms with Crippen LogP contribution >= 0.6 is 11.6 Å². The van der Waals surface area contributed by atoms with E-state index >= 15 is 0 Å². The molecule has 0 aliphatic carbocycles. The normalized spacial score (nSPS) is 14.6. The third-order valence-corrected chi connectivity index (χ3v) is 6.39. The fourth-order valence-electron chi connectivity index (χ4n) is 4.07. The first-order valence-corrected chi connectivity index (χ1v) is 12.3. The van der Waals surface area contributed by atoms with Gasteiger partial charge >= 0.3 is 0 Å². The molecule has 1 saturated heterocycles. The summed E-state index contributed by atoms with van der Waals surface area (Å²) in [7, 11) is 1.64. The molecule has 1 fully saturated rings. The van der Waals surface area contributed by atoms with Crippen LogP contribution in [0.4, 0.5) is 0 Å². The zero-order chi connectivity index (χ0) is 24.7. The van der Waals surface area contributed by atoms with Crippen LogP contribution in [0, 0.1) is 12.8 Å². The van der Waals surface area contributed by atoms with Crippen LogP contribution in [0.15, 0.2) is 30.3 Å². The van der Waals surface area contributed by atoms with Gasteiger partial charge in [-0.05, 0) is 49.5 Å². The van der Waals surface area contributed by atoms with Crippen molar-refractivity contribution in [3.63, 3.8) is 0 Å².